The minimum atomic E-state index is -0.615. The summed E-state index contributed by atoms with van der Waals surface area (Å²) in [6, 6.07) is 2.18. The number of hydrogen-bond acceptors (Lipinski definition) is 5. The molecule has 0 aliphatic heterocycles. The second kappa shape index (κ2) is 6.98. The van der Waals surface area contributed by atoms with Crippen molar-refractivity contribution in [1.82, 2.24) is 9.88 Å². The fourth-order valence-electron chi connectivity index (χ4n) is 2.01. The van der Waals surface area contributed by atoms with E-state index in [4.69, 9.17) is 5.73 Å². The molecule has 3 N–H and O–H groups in total. The molecule has 0 aromatic carbocycles. The van der Waals surface area contributed by atoms with Gasteiger partial charge in [0.2, 0.25) is 5.91 Å². The van der Waals surface area contributed by atoms with Crippen molar-refractivity contribution in [3.8, 4) is 0 Å². The van der Waals surface area contributed by atoms with E-state index in [0.717, 1.165) is 22.9 Å². The number of amides is 1. The number of rotatable bonds is 7. The Hall–Kier alpha value is -2.22. The van der Waals surface area contributed by atoms with Crippen LogP contribution in [0.2, 0.25) is 0 Å². The lowest BCUT2D eigenvalue weighted by molar-refractivity contribution is -0.385. The van der Waals surface area contributed by atoms with Gasteiger partial charge in [0.25, 0.3) is 11.2 Å². The first-order valence-corrected chi connectivity index (χ1v) is 6.73. The zero-order valence-corrected chi connectivity index (χ0v) is 12.2. The summed E-state index contributed by atoms with van der Waals surface area (Å²) in [4.78, 5) is 33.8. The molecule has 0 fully saturated rings. The quantitative estimate of drug-likeness (QED) is 0.557. The van der Waals surface area contributed by atoms with Crippen LogP contribution >= 0.6 is 0 Å². The largest absolute Gasteiger partial charge is 0.348 e. The molecule has 1 aromatic heterocycles. The summed E-state index contributed by atoms with van der Waals surface area (Å²) in [6.45, 7) is 3.84. The van der Waals surface area contributed by atoms with Gasteiger partial charge in [0.15, 0.2) is 0 Å². The number of nitrogens with two attached hydrogens (primary N) is 1. The van der Waals surface area contributed by atoms with Crippen molar-refractivity contribution >= 4 is 11.6 Å². The SMILES string of the molecule is CCC(CC)(CN)NC(=O)Cn1cc([N+](=O)[O-])ccc1=O. The lowest BCUT2D eigenvalue weighted by Crippen LogP contribution is -2.54. The van der Waals surface area contributed by atoms with Crippen LogP contribution in [0.25, 0.3) is 0 Å². The van der Waals surface area contributed by atoms with Crippen molar-refractivity contribution in [3.05, 3.63) is 38.8 Å². The highest BCUT2D eigenvalue weighted by atomic mass is 16.6. The zero-order valence-electron chi connectivity index (χ0n) is 12.2. The summed E-state index contributed by atoms with van der Waals surface area (Å²) in [7, 11) is 0. The molecule has 0 saturated carbocycles. The summed E-state index contributed by atoms with van der Waals surface area (Å²) < 4.78 is 1.01. The molecule has 8 heteroatoms. The maximum Gasteiger partial charge on any atom is 0.285 e. The average molecular weight is 296 g/mol. The van der Waals surface area contributed by atoms with E-state index in [1.165, 1.54) is 0 Å². The van der Waals surface area contributed by atoms with E-state index in [0.29, 0.717) is 12.8 Å². The van der Waals surface area contributed by atoms with Crippen LogP contribution in [-0.2, 0) is 11.3 Å². The van der Waals surface area contributed by atoms with Crippen LogP contribution in [0.1, 0.15) is 26.7 Å². The van der Waals surface area contributed by atoms with E-state index in [-0.39, 0.29) is 18.8 Å². The van der Waals surface area contributed by atoms with Gasteiger partial charge >= 0.3 is 0 Å². The molecule has 0 bridgehead atoms. The van der Waals surface area contributed by atoms with Crippen LogP contribution < -0.4 is 16.6 Å². The summed E-state index contributed by atoms with van der Waals surface area (Å²) in [5.74, 6) is -0.397. The minimum Gasteiger partial charge on any atom is -0.348 e. The first-order valence-electron chi connectivity index (χ1n) is 6.73. The predicted octanol–water partition coefficient (Wildman–Crippen LogP) is 0.390. The highest BCUT2D eigenvalue weighted by Gasteiger charge is 2.26. The highest BCUT2D eigenvalue weighted by molar-refractivity contribution is 5.76. The molecule has 0 unspecified atom stereocenters. The van der Waals surface area contributed by atoms with Crippen LogP contribution in [0.3, 0.4) is 0 Å². The van der Waals surface area contributed by atoms with Crippen LogP contribution in [0.15, 0.2) is 23.1 Å². The van der Waals surface area contributed by atoms with Crippen LogP contribution in [0.5, 0.6) is 0 Å². The summed E-state index contributed by atoms with van der Waals surface area (Å²) >= 11 is 0. The van der Waals surface area contributed by atoms with Gasteiger partial charge in [0.1, 0.15) is 6.54 Å². The van der Waals surface area contributed by atoms with E-state index in [1.807, 2.05) is 13.8 Å². The number of carbonyl (C=O) groups excluding carboxylic acids is 1. The standard InChI is InChI=1S/C13H20N4O4/c1-3-13(4-2,9-14)15-11(18)8-16-7-10(17(20)21)5-6-12(16)19/h5-7H,3-4,8-9,14H2,1-2H3,(H,15,18). The Labute approximate surface area is 122 Å². The van der Waals surface area contributed by atoms with Gasteiger partial charge in [-0.2, -0.15) is 0 Å². The van der Waals surface area contributed by atoms with Crippen molar-refractivity contribution in [2.75, 3.05) is 6.54 Å². The van der Waals surface area contributed by atoms with Gasteiger partial charge in [-0.15, -0.1) is 0 Å². The molecule has 0 aliphatic rings. The number of hydrogen-bond donors (Lipinski definition) is 2. The molecule has 1 aromatic rings. The Kier molecular flexibility index (Phi) is 5.60. The maximum absolute atomic E-state index is 12.0. The van der Waals surface area contributed by atoms with Gasteiger partial charge in [-0.3, -0.25) is 24.3 Å². The molecular formula is C13H20N4O4. The Balaban J connectivity index is 2.91. The van der Waals surface area contributed by atoms with Gasteiger partial charge in [-0.1, -0.05) is 13.8 Å². The molecule has 0 radical (unpaired) electrons. The Morgan fingerprint density at radius 3 is 2.52 bits per heavy atom. The Bertz CT molecular complexity index is 570. The van der Waals surface area contributed by atoms with E-state index >= 15 is 0 Å². The molecule has 1 amide bonds. The topological polar surface area (TPSA) is 120 Å². The number of carbonyl (C=O) groups is 1. The second-order valence-electron chi connectivity index (χ2n) is 4.85. The summed E-state index contributed by atoms with van der Waals surface area (Å²) in [6.07, 6.45) is 2.38. The average Bonchev–Trinajstić information content (AvgIpc) is 2.47. The third-order valence-corrected chi connectivity index (χ3v) is 3.64. The number of nitrogens with one attached hydrogen (secondary N) is 1. The molecule has 21 heavy (non-hydrogen) atoms. The number of nitrogens with zero attached hydrogens (tertiary/aromatic N) is 2. The summed E-state index contributed by atoms with van der Waals surface area (Å²) in [5, 5.41) is 13.5. The lowest BCUT2D eigenvalue weighted by Gasteiger charge is -2.31. The molecule has 0 aliphatic carbocycles. The molecule has 1 heterocycles. The lowest BCUT2D eigenvalue weighted by atomic mass is 9.93. The molecule has 1 rings (SSSR count). The Morgan fingerprint density at radius 2 is 2.05 bits per heavy atom. The van der Waals surface area contributed by atoms with E-state index in [2.05, 4.69) is 5.32 Å². The van der Waals surface area contributed by atoms with Crippen LogP contribution in [0, 0.1) is 10.1 Å². The van der Waals surface area contributed by atoms with Crippen LogP contribution in [-0.4, -0.2) is 27.5 Å². The van der Waals surface area contributed by atoms with Crippen molar-refractivity contribution in [2.24, 2.45) is 5.73 Å². The van der Waals surface area contributed by atoms with Gasteiger partial charge in [-0.25, -0.2) is 0 Å². The van der Waals surface area contributed by atoms with Gasteiger partial charge in [-0.05, 0) is 12.8 Å². The highest BCUT2D eigenvalue weighted by Crippen LogP contribution is 2.13. The molecular weight excluding hydrogens is 276 g/mol. The molecule has 116 valence electrons. The minimum absolute atomic E-state index is 0.238. The fraction of sp³-hybridized carbons (Fsp3) is 0.538. The van der Waals surface area contributed by atoms with Gasteiger partial charge in [0, 0.05) is 18.7 Å². The summed E-state index contributed by atoms with van der Waals surface area (Å²) in [5.41, 5.74) is 4.47. The zero-order chi connectivity index (χ0) is 16.0. The number of aromatic nitrogens is 1. The smallest absolute Gasteiger partial charge is 0.285 e. The van der Waals surface area contributed by atoms with E-state index in [9.17, 15) is 19.7 Å². The van der Waals surface area contributed by atoms with Crippen molar-refractivity contribution in [1.29, 1.82) is 0 Å². The van der Waals surface area contributed by atoms with Crippen LogP contribution in [0.4, 0.5) is 5.69 Å². The first-order chi connectivity index (χ1) is 9.87. The fourth-order valence-corrected chi connectivity index (χ4v) is 2.01. The Morgan fingerprint density at radius 1 is 1.43 bits per heavy atom. The molecule has 0 atom stereocenters. The van der Waals surface area contributed by atoms with E-state index in [1.54, 1.807) is 0 Å². The van der Waals surface area contributed by atoms with E-state index < -0.39 is 21.9 Å². The molecule has 0 saturated heterocycles. The second-order valence-corrected chi connectivity index (χ2v) is 4.85. The number of pyridine rings is 1. The third-order valence-electron chi connectivity index (χ3n) is 3.64. The predicted molar refractivity (Wildman–Crippen MR) is 77.9 cm³/mol. The monoisotopic (exact) mass is 296 g/mol. The maximum atomic E-state index is 12.0. The molecule has 0 spiro atoms. The van der Waals surface area contributed by atoms with Crippen molar-refractivity contribution in [3.63, 3.8) is 0 Å². The molecule has 8 nitrogen and oxygen atoms in total. The third kappa shape index (κ3) is 4.12. The van der Waals surface area contributed by atoms with Gasteiger partial charge in [0.05, 0.1) is 16.7 Å². The first kappa shape index (κ1) is 16.8. The number of nitro groups is 1. The normalized spacial score (nSPS) is 11.2. The van der Waals surface area contributed by atoms with Crippen molar-refractivity contribution in [2.45, 2.75) is 38.8 Å². The van der Waals surface area contributed by atoms with Crippen molar-refractivity contribution < 1.29 is 9.72 Å². The van der Waals surface area contributed by atoms with Gasteiger partial charge < -0.3 is 11.1 Å².